The van der Waals surface area contributed by atoms with Crippen LogP contribution in [0.1, 0.15) is 63.0 Å². The summed E-state index contributed by atoms with van der Waals surface area (Å²) in [4.78, 5) is 26.4. The second-order valence-electron chi connectivity index (χ2n) is 13.3. The van der Waals surface area contributed by atoms with Gasteiger partial charge in [0.1, 0.15) is 17.5 Å². The van der Waals surface area contributed by atoms with Gasteiger partial charge in [-0.2, -0.15) is 5.26 Å². The van der Waals surface area contributed by atoms with Crippen molar-refractivity contribution in [2.75, 3.05) is 13.1 Å². The van der Waals surface area contributed by atoms with E-state index in [2.05, 4.69) is 85.8 Å². The van der Waals surface area contributed by atoms with E-state index in [1.54, 1.807) is 12.2 Å². The van der Waals surface area contributed by atoms with Crippen molar-refractivity contribution < 1.29 is 29.4 Å². The van der Waals surface area contributed by atoms with Gasteiger partial charge >= 0.3 is 11.9 Å². The van der Waals surface area contributed by atoms with Gasteiger partial charge < -0.3 is 19.8 Å². The number of hydrogen-bond donors (Lipinski definition) is 3. The number of nitrogens with zero attached hydrogens (tertiary/aromatic N) is 2. The third-order valence-corrected chi connectivity index (χ3v) is 10.1. The molecule has 3 aromatic carbocycles. The van der Waals surface area contributed by atoms with Gasteiger partial charge in [-0.25, -0.2) is 0 Å². The number of nitrogens with one attached hydrogen (secondary N) is 1. The van der Waals surface area contributed by atoms with Crippen LogP contribution in [0.15, 0.2) is 126 Å². The summed E-state index contributed by atoms with van der Waals surface area (Å²) in [5.41, 5.74) is 4.52. The van der Waals surface area contributed by atoms with Gasteiger partial charge in [0.05, 0.1) is 42.1 Å². The molecule has 0 saturated carbocycles. The van der Waals surface area contributed by atoms with Gasteiger partial charge in [0.25, 0.3) is 0 Å². The lowest BCUT2D eigenvalue weighted by atomic mass is 9.67. The second-order valence-corrected chi connectivity index (χ2v) is 13.3. The van der Waals surface area contributed by atoms with Crippen molar-refractivity contribution >= 4 is 28.4 Å². The van der Waals surface area contributed by atoms with Crippen LogP contribution < -0.4 is 4.90 Å². The van der Waals surface area contributed by atoms with Gasteiger partial charge in [-0.15, -0.1) is 0 Å². The molecule has 0 amide bonds. The fourth-order valence-corrected chi connectivity index (χ4v) is 7.91. The van der Waals surface area contributed by atoms with Gasteiger partial charge in [0, 0.05) is 30.7 Å². The number of hydrogen-bond acceptors (Lipinski definition) is 5. The van der Waals surface area contributed by atoms with Gasteiger partial charge in [-0.3, -0.25) is 14.5 Å². The van der Waals surface area contributed by atoms with E-state index in [-0.39, 0.29) is 30.8 Å². The maximum Gasteiger partial charge on any atom is 0.309 e. The number of carbonyl (C=O) groups is 2. The van der Waals surface area contributed by atoms with E-state index in [0.29, 0.717) is 18.0 Å². The number of rotatable bonds is 14. The van der Waals surface area contributed by atoms with Gasteiger partial charge in [0.2, 0.25) is 0 Å². The molecule has 2 aliphatic heterocycles. The zero-order chi connectivity index (χ0) is 35.1. The number of nitriles is 1. The van der Waals surface area contributed by atoms with Crippen LogP contribution in [0, 0.1) is 11.3 Å². The standard InChI is InChI=1S/C42H43N3O5/c1-2-3-25-42(28-30-11-5-4-6-12-30)37(44(26-23-39(46)47)35-20-19-32-13-7-8-14-33(32)41(35)42)21-17-31(29-43)18-22-38-45(27-24-40(48)49)34-15-9-10-16-36(34)50-38/h4-9,11-15,17-22,37H,2-3,10,16,23-28H2,1H3,(H,46,47)(H,48,49)/p+1/b21-17+,31-18-,38-22-. The SMILES string of the molecule is CCCCC1(Cc2ccccc2)c2c(ccc3ccccc23)[NH+](CCC(=O)O)C1/C=C/C(C#N)=C/C=C1\OC2=C(C=CCC2)N1CCC(=O)O. The molecule has 3 N–H and O–H groups in total. The van der Waals surface area contributed by atoms with Crippen LogP contribution in [-0.4, -0.2) is 46.2 Å². The maximum atomic E-state index is 12.0. The van der Waals surface area contributed by atoms with Crippen LogP contribution in [0.5, 0.6) is 0 Å². The molecule has 8 heteroatoms. The first-order valence-electron chi connectivity index (χ1n) is 17.6. The van der Waals surface area contributed by atoms with Crippen molar-refractivity contribution in [1.82, 2.24) is 4.90 Å². The van der Waals surface area contributed by atoms with E-state index >= 15 is 0 Å². The fourth-order valence-electron chi connectivity index (χ4n) is 7.91. The molecule has 0 aromatic heterocycles. The summed E-state index contributed by atoms with van der Waals surface area (Å²) in [5, 5.41) is 31.9. The quantitative estimate of drug-likeness (QED) is 0.124. The highest BCUT2D eigenvalue weighted by molar-refractivity contribution is 5.91. The number of carboxylic acids is 2. The molecule has 1 aliphatic carbocycles. The lowest BCUT2D eigenvalue weighted by Crippen LogP contribution is -3.11. The average Bonchev–Trinajstić information content (AvgIpc) is 3.61. The first-order chi connectivity index (χ1) is 24.3. The third-order valence-electron chi connectivity index (χ3n) is 10.1. The smallest absolute Gasteiger partial charge is 0.309 e. The van der Waals surface area contributed by atoms with E-state index in [1.807, 2.05) is 23.1 Å². The number of ether oxygens (including phenoxy) is 1. The van der Waals surface area contributed by atoms with Gasteiger partial charge in [-0.1, -0.05) is 80.4 Å². The predicted molar refractivity (Wildman–Crippen MR) is 193 cm³/mol. The molecule has 2 heterocycles. The Bertz CT molecular complexity index is 1950. The van der Waals surface area contributed by atoms with E-state index in [1.165, 1.54) is 16.5 Å². The Morgan fingerprint density at radius 2 is 1.84 bits per heavy atom. The van der Waals surface area contributed by atoms with Crippen LogP contribution >= 0.6 is 0 Å². The number of benzene rings is 3. The monoisotopic (exact) mass is 670 g/mol. The molecular formula is C42H44N3O5+. The highest BCUT2D eigenvalue weighted by Gasteiger charge is 2.54. The number of aliphatic carboxylic acids is 2. The molecule has 0 saturated heterocycles. The number of unbranched alkanes of at least 4 members (excludes halogenated alkanes) is 1. The van der Waals surface area contributed by atoms with Crippen LogP contribution in [0.4, 0.5) is 5.69 Å². The van der Waals surface area contributed by atoms with Crippen molar-refractivity contribution in [3.05, 3.63) is 137 Å². The first kappa shape index (κ1) is 34.5. The molecule has 0 bridgehead atoms. The summed E-state index contributed by atoms with van der Waals surface area (Å²) in [6.07, 6.45) is 16.7. The fraction of sp³-hybridized carbons (Fsp3) is 0.310. The van der Waals surface area contributed by atoms with Crippen molar-refractivity contribution in [2.24, 2.45) is 0 Å². The number of carboxylic acid groups (broad SMARTS) is 2. The number of quaternary nitrogens is 1. The lowest BCUT2D eigenvalue weighted by Gasteiger charge is -2.35. The molecule has 6 rings (SSSR count). The molecule has 0 spiro atoms. The highest BCUT2D eigenvalue weighted by atomic mass is 16.5. The summed E-state index contributed by atoms with van der Waals surface area (Å²) in [6, 6.07) is 25.5. The summed E-state index contributed by atoms with van der Waals surface area (Å²) >= 11 is 0. The van der Waals surface area contributed by atoms with Crippen LogP contribution in [-0.2, 0) is 26.2 Å². The molecule has 3 unspecified atom stereocenters. The van der Waals surface area contributed by atoms with Crippen molar-refractivity contribution in [3.8, 4) is 6.07 Å². The number of fused-ring (bicyclic) bond motifs is 3. The Kier molecular flexibility index (Phi) is 10.6. The summed E-state index contributed by atoms with van der Waals surface area (Å²) in [7, 11) is 0. The largest absolute Gasteiger partial charge is 0.481 e. The van der Waals surface area contributed by atoms with Gasteiger partial charge in [-0.05, 0) is 66.0 Å². The van der Waals surface area contributed by atoms with Crippen LogP contribution in [0.25, 0.3) is 10.8 Å². The molecule has 256 valence electrons. The van der Waals surface area contributed by atoms with Crippen molar-refractivity contribution in [2.45, 2.75) is 69.7 Å². The second kappa shape index (κ2) is 15.4. The predicted octanol–water partition coefficient (Wildman–Crippen LogP) is 7.10. The molecule has 3 atom stereocenters. The van der Waals surface area contributed by atoms with Crippen LogP contribution in [0.3, 0.4) is 0 Å². The molecule has 3 aromatic rings. The normalized spacial score (nSPS) is 22.2. The zero-order valence-electron chi connectivity index (χ0n) is 28.5. The van der Waals surface area contributed by atoms with E-state index in [9.17, 15) is 25.1 Å². The minimum atomic E-state index is -0.892. The molecule has 50 heavy (non-hydrogen) atoms. The maximum absolute atomic E-state index is 12.0. The van der Waals surface area contributed by atoms with E-state index < -0.39 is 11.9 Å². The summed E-state index contributed by atoms with van der Waals surface area (Å²) < 4.78 is 6.17. The minimum Gasteiger partial charge on any atom is -0.481 e. The topological polar surface area (TPSA) is 115 Å². The van der Waals surface area contributed by atoms with E-state index in [4.69, 9.17) is 4.74 Å². The van der Waals surface area contributed by atoms with Gasteiger partial charge in [0.15, 0.2) is 5.88 Å². The Balaban J connectivity index is 1.45. The average molecular weight is 671 g/mol. The summed E-state index contributed by atoms with van der Waals surface area (Å²) in [5.74, 6) is -0.423. The highest BCUT2D eigenvalue weighted by Crippen LogP contribution is 2.47. The molecule has 0 fully saturated rings. The molecule has 0 radical (unpaired) electrons. The van der Waals surface area contributed by atoms with Crippen molar-refractivity contribution in [3.63, 3.8) is 0 Å². The van der Waals surface area contributed by atoms with Crippen LogP contribution in [0.2, 0.25) is 0 Å². The Labute approximate surface area is 293 Å². The Morgan fingerprint density at radius 3 is 2.60 bits per heavy atom. The first-order valence-corrected chi connectivity index (χ1v) is 17.6. The molecule has 3 aliphatic rings. The molecule has 8 nitrogen and oxygen atoms in total. The minimum absolute atomic E-state index is 0.0177. The zero-order valence-corrected chi connectivity index (χ0v) is 28.5. The van der Waals surface area contributed by atoms with E-state index in [0.717, 1.165) is 66.0 Å². The third kappa shape index (κ3) is 7.15. The van der Waals surface area contributed by atoms with Crippen molar-refractivity contribution in [1.29, 1.82) is 5.26 Å². The molecular weight excluding hydrogens is 626 g/mol. The number of allylic oxidation sites excluding steroid dienone is 7. The Morgan fingerprint density at radius 1 is 1.06 bits per heavy atom. The Hall–Kier alpha value is -5.39. The summed E-state index contributed by atoms with van der Waals surface area (Å²) in [6.45, 7) is 2.86. The lowest BCUT2D eigenvalue weighted by molar-refractivity contribution is -0.850.